The Morgan fingerprint density at radius 3 is 3.00 bits per heavy atom. The first-order valence-electron chi connectivity index (χ1n) is 7.34. The number of aliphatic hydroxyl groups is 1. The summed E-state index contributed by atoms with van der Waals surface area (Å²) >= 11 is 0. The molecule has 0 spiro atoms. The fourth-order valence-electron chi connectivity index (χ4n) is 2.93. The SMILES string of the molecule is C[C@@H]1Cc2c(C(=O)N3CC(OCCO)C3)n[nH]c2[C@H](C)O1. The van der Waals surface area contributed by atoms with Crippen molar-refractivity contribution >= 4 is 5.91 Å². The molecular formula is C14H21N3O4. The highest BCUT2D eigenvalue weighted by atomic mass is 16.5. The second kappa shape index (κ2) is 5.75. The van der Waals surface area contributed by atoms with Crippen LogP contribution in [-0.4, -0.2) is 64.6 Å². The molecule has 2 aliphatic rings. The molecule has 0 aromatic carbocycles. The van der Waals surface area contributed by atoms with E-state index in [1.807, 2.05) is 13.8 Å². The molecule has 7 nitrogen and oxygen atoms in total. The van der Waals surface area contributed by atoms with Gasteiger partial charge in [0.15, 0.2) is 5.69 Å². The number of H-pyrrole nitrogens is 1. The van der Waals surface area contributed by atoms with Crippen molar-refractivity contribution in [2.24, 2.45) is 0 Å². The van der Waals surface area contributed by atoms with E-state index in [1.165, 1.54) is 0 Å². The molecule has 1 fully saturated rings. The highest BCUT2D eigenvalue weighted by Gasteiger charge is 2.36. The number of hydrogen-bond donors (Lipinski definition) is 2. The van der Waals surface area contributed by atoms with Gasteiger partial charge in [-0.05, 0) is 13.8 Å². The molecule has 21 heavy (non-hydrogen) atoms. The molecule has 0 bridgehead atoms. The number of nitrogens with one attached hydrogen (secondary N) is 1. The Kier molecular flexibility index (Phi) is 3.97. The van der Waals surface area contributed by atoms with Crippen LogP contribution >= 0.6 is 0 Å². The lowest BCUT2D eigenvalue weighted by Gasteiger charge is -2.38. The molecule has 2 N–H and O–H groups in total. The molecule has 0 unspecified atom stereocenters. The van der Waals surface area contributed by atoms with E-state index in [9.17, 15) is 4.79 Å². The Hall–Kier alpha value is -1.44. The highest BCUT2D eigenvalue weighted by molar-refractivity contribution is 5.94. The van der Waals surface area contributed by atoms with E-state index in [0.29, 0.717) is 31.8 Å². The minimum absolute atomic E-state index is 0.00704. The number of likely N-dealkylation sites (tertiary alicyclic amines) is 1. The summed E-state index contributed by atoms with van der Waals surface area (Å²) in [6, 6.07) is 0. The molecule has 0 aliphatic carbocycles. The van der Waals surface area contributed by atoms with Gasteiger partial charge in [0.05, 0.1) is 37.2 Å². The largest absolute Gasteiger partial charge is 0.394 e. The van der Waals surface area contributed by atoms with Crippen molar-refractivity contribution in [2.45, 2.75) is 38.6 Å². The van der Waals surface area contributed by atoms with Crippen molar-refractivity contribution in [1.29, 1.82) is 0 Å². The number of aromatic amines is 1. The van der Waals surface area contributed by atoms with Gasteiger partial charge in [0.2, 0.25) is 0 Å². The van der Waals surface area contributed by atoms with E-state index in [1.54, 1.807) is 4.90 Å². The van der Waals surface area contributed by atoms with Crippen LogP contribution in [0, 0.1) is 0 Å². The minimum atomic E-state index is -0.0603. The second-order valence-corrected chi connectivity index (χ2v) is 5.68. The Labute approximate surface area is 123 Å². The number of carbonyl (C=O) groups excluding carboxylic acids is 1. The summed E-state index contributed by atoms with van der Waals surface area (Å²) in [5, 5.41) is 15.8. The van der Waals surface area contributed by atoms with E-state index in [2.05, 4.69) is 10.2 Å². The Balaban J connectivity index is 1.67. The van der Waals surface area contributed by atoms with Crippen LogP contribution in [0.2, 0.25) is 0 Å². The summed E-state index contributed by atoms with van der Waals surface area (Å²) in [7, 11) is 0. The Bertz CT molecular complexity index is 524. The first kappa shape index (κ1) is 14.5. The van der Waals surface area contributed by atoms with Gasteiger partial charge < -0.3 is 19.5 Å². The first-order valence-corrected chi connectivity index (χ1v) is 7.34. The van der Waals surface area contributed by atoms with Gasteiger partial charge in [0, 0.05) is 25.1 Å². The van der Waals surface area contributed by atoms with E-state index >= 15 is 0 Å². The molecule has 0 radical (unpaired) electrons. The molecule has 1 aromatic heterocycles. The third-order valence-corrected chi connectivity index (χ3v) is 4.02. The average Bonchev–Trinajstić information content (AvgIpc) is 2.80. The van der Waals surface area contributed by atoms with Crippen LogP contribution in [0.1, 0.15) is 41.7 Å². The van der Waals surface area contributed by atoms with Crippen molar-refractivity contribution in [1.82, 2.24) is 15.1 Å². The zero-order valence-electron chi connectivity index (χ0n) is 12.3. The fraction of sp³-hybridized carbons (Fsp3) is 0.714. The molecule has 3 heterocycles. The van der Waals surface area contributed by atoms with E-state index in [-0.39, 0.29) is 30.8 Å². The number of aliphatic hydroxyl groups excluding tert-OH is 1. The van der Waals surface area contributed by atoms with Gasteiger partial charge in [-0.1, -0.05) is 0 Å². The lowest BCUT2D eigenvalue weighted by molar-refractivity contribution is -0.0518. The van der Waals surface area contributed by atoms with Crippen LogP contribution in [0.4, 0.5) is 0 Å². The number of amides is 1. The van der Waals surface area contributed by atoms with E-state index < -0.39 is 0 Å². The molecule has 2 aliphatic heterocycles. The van der Waals surface area contributed by atoms with Crippen molar-refractivity contribution < 1.29 is 19.4 Å². The average molecular weight is 295 g/mol. The van der Waals surface area contributed by atoms with Gasteiger partial charge in [-0.2, -0.15) is 5.10 Å². The number of aromatic nitrogens is 2. The number of fused-ring (bicyclic) bond motifs is 1. The Morgan fingerprint density at radius 1 is 1.52 bits per heavy atom. The van der Waals surface area contributed by atoms with E-state index in [0.717, 1.165) is 11.3 Å². The summed E-state index contributed by atoms with van der Waals surface area (Å²) in [6.07, 6.45) is 0.760. The van der Waals surface area contributed by atoms with Gasteiger partial charge >= 0.3 is 0 Å². The number of hydrogen-bond acceptors (Lipinski definition) is 5. The van der Waals surface area contributed by atoms with Crippen LogP contribution in [-0.2, 0) is 15.9 Å². The quantitative estimate of drug-likeness (QED) is 0.832. The molecule has 3 rings (SSSR count). The predicted molar refractivity (Wildman–Crippen MR) is 74.0 cm³/mol. The van der Waals surface area contributed by atoms with Gasteiger partial charge in [-0.25, -0.2) is 0 Å². The second-order valence-electron chi connectivity index (χ2n) is 5.68. The fourth-order valence-corrected chi connectivity index (χ4v) is 2.93. The van der Waals surface area contributed by atoms with Gasteiger partial charge in [0.1, 0.15) is 0 Å². The maximum absolute atomic E-state index is 12.5. The molecule has 1 saturated heterocycles. The van der Waals surface area contributed by atoms with Crippen LogP contribution in [0.25, 0.3) is 0 Å². The van der Waals surface area contributed by atoms with Crippen LogP contribution in [0.15, 0.2) is 0 Å². The van der Waals surface area contributed by atoms with Crippen molar-refractivity contribution in [3.8, 4) is 0 Å². The summed E-state index contributed by atoms with van der Waals surface area (Å²) < 4.78 is 11.1. The third kappa shape index (κ3) is 2.68. The van der Waals surface area contributed by atoms with Crippen molar-refractivity contribution in [2.75, 3.05) is 26.3 Å². The lowest BCUT2D eigenvalue weighted by Crippen LogP contribution is -2.55. The zero-order chi connectivity index (χ0) is 15.0. The van der Waals surface area contributed by atoms with Crippen LogP contribution in [0.5, 0.6) is 0 Å². The molecule has 1 amide bonds. The number of ether oxygens (including phenoxy) is 2. The van der Waals surface area contributed by atoms with Crippen LogP contribution in [0.3, 0.4) is 0 Å². The predicted octanol–water partition coefficient (Wildman–Crippen LogP) is 0.265. The number of rotatable bonds is 4. The zero-order valence-corrected chi connectivity index (χ0v) is 12.3. The molecule has 2 atom stereocenters. The lowest BCUT2D eigenvalue weighted by atomic mass is 9.98. The first-order chi connectivity index (χ1) is 10.1. The van der Waals surface area contributed by atoms with Gasteiger partial charge in [0.25, 0.3) is 5.91 Å². The minimum Gasteiger partial charge on any atom is -0.394 e. The standard InChI is InChI=1S/C14H21N3O4/c1-8-5-11-12(9(2)21-8)15-16-13(11)14(19)17-6-10(7-17)20-4-3-18/h8-10,18H,3-7H2,1-2H3,(H,15,16)/t8-,9+/m1/s1. The summed E-state index contributed by atoms with van der Waals surface area (Å²) in [6.45, 7) is 5.40. The monoisotopic (exact) mass is 295 g/mol. The smallest absolute Gasteiger partial charge is 0.274 e. The van der Waals surface area contributed by atoms with Gasteiger partial charge in [-0.15, -0.1) is 0 Å². The van der Waals surface area contributed by atoms with E-state index in [4.69, 9.17) is 14.6 Å². The van der Waals surface area contributed by atoms with Crippen molar-refractivity contribution in [3.05, 3.63) is 17.0 Å². The highest BCUT2D eigenvalue weighted by Crippen LogP contribution is 2.31. The number of nitrogens with zero attached hydrogens (tertiary/aromatic N) is 2. The summed E-state index contributed by atoms with van der Waals surface area (Å²) in [5.74, 6) is -0.0577. The van der Waals surface area contributed by atoms with Crippen molar-refractivity contribution in [3.63, 3.8) is 0 Å². The third-order valence-electron chi connectivity index (χ3n) is 4.02. The maximum Gasteiger partial charge on any atom is 0.274 e. The number of carbonyl (C=O) groups is 1. The summed E-state index contributed by atoms with van der Waals surface area (Å²) in [5.41, 5.74) is 2.39. The summed E-state index contributed by atoms with van der Waals surface area (Å²) in [4.78, 5) is 14.2. The molecule has 0 saturated carbocycles. The normalized spacial score (nSPS) is 25.6. The topological polar surface area (TPSA) is 87.7 Å². The molecule has 116 valence electrons. The molecular weight excluding hydrogens is 274 g/mol. The van der Waals surface area contributed by atoms with Gasteiger partial charge in [-0.3, -0.25) is 9.89 Å². The molecule has 7 heteroatoms. The Morgan fingerprint density at radius 2 is 2.29 bits per heavy atom. The maximum atomic E-state index is 12.5. The van der Waals surface area contributed by atoms with Crippen LogP contribution < -0.4 is 0 Å². The molecule has 1 aromatic rings.